The average molecular weight is 265 g/mol. The SMILES string of the molecule is COc1ccc(C)cc1C(O)CNCC(O)C1CC1. The van der Waals surface area contributed by atoms with E-state index >= 15 is 0 Å². The molecule has 3 N–H and O–H groups in total. The van der Waals surface area contributed by atoms with Crippen LogP contribution in [0.2, 0.25) is 0 Å². The van der Waals surface area contributed by atoms with Crippen molar-refractivity contribution >= 4 is 0 Å². The third-order valence-electron chi connectivity index (χ3n) is 3.60. The second-order valence-electron chi connectivity index (χ2n) is 5.32. The Bertz CT molecular complexity index is 418. The molecule has 1 saturated carbocycles. The molecule has 1 aromatic carbocycles. The summed E-state index contributed by atoms with van der Waals surface area (Å²) in [6.45, 7) is 2.94. The molecular formula is C15H23NO3. The zero-order valence-electron chi connectivity index (χ0n) is 11.6. The second kappa shape index (κ2) is 6.37. The van der Waals surface area contributed by atoms with Crippen LogP contribution >= 0.6 is 0 Å². The first-order valence-corrected chi connectivity index (χ1v) is 6.83. The molecule has 106 valence electrons. The van der Waals surface area contributed by atoms with Crippen molar-refractivity contribution in [3.05, 3.63) is 29.3 Å². The number of aliphatic hydroxyl groups is 2. The van der Waals surface area contributed by atoms with E-state index in [4.69, 9.17) is 4.74 Å². The molecule has 1 aliphatic rings. The molecule has 1 aliphatic carbocycles. The molecule has 0 amide bonds. The molecule has 4 nitrogen and oxygen atoms in total. The third kappa shape index (κ3) is 3.93. The quantitative estimate of drug-likeness (QED) is 0.697. The minimum absolute atomic E-state index is 0.286. The highest BCUT2D eigenvalue weighted by Gasteiger charge is 2.29. The van der Waals surface area contributed by atoms with E-state index in [1.165, 1.54) is 0 Å². The molecule has 0 radical (unpaired) electrons. The average Bonchev–Trinajstić information content (AvgIpc) is 3.22. The maximum absolute atomic E-state index is 10.2. The predicted molar refractivity (Wildman–Crippen MR) is 74.3 cm³/mol. The van der Waals surface area contributed by atoms with Crippen LogP contribution in [0.25, 0.3) is 0 Å². The first kappa shape index (κ1) is 14.3. The molecule has 1 fully saturated rings. The third-order valence-corrected chi connectivity index (χ3v) is 3.60. The van der Waals surface area contributed by atoms with Crippen LogP contribution in [0.4, 0.5) is 0 Å². The van der Waals surface area contributed by atoms with Crippen molar-refractivity contribution in [3.63, 3.8) is 0 Å². The number of aliphatic hydroxyl groups excluding tert-OH is 2. The van der Waals surface area contributed by atoms with Crippen LogP contribution in [0.1, 0.15) is 30.1 Å². The largest absolute Gasteiger partial charge is 0.496 e. The van der Waals surface area contributed by atoms with Crippen LogP contribution in [0, 0.1) is 12.8 Å². The maximum atomic E-state index is 10.2. The fraction of sp³-hybridized carbons (Fsp3) is 0.600. The summed E-state index contributed by atoms with van der Waals surface area (Å²) in [6.07, 6.45) is 1.33. The Balaban J connectivity index is 1.87. The minimum Gasteiger partial charge on any atom is -0.496 e. The molecule has 1 aromatic rings. The lowest BCUT2D eigenvalue weighted by molar-refractivity contribution is 0.131. The predicted octanol–water partition coefficient (Wildman–Crippen LogP) is 1.40. The molecule has 0 heterocycles. The lowest BCUT2D eigenvalue weighted by atomic mass is 10.0. The standard InChI is InChI=1S/C15H23NO3/c1-10-3-6-15(19-2)12(7-10)14(18)9-16-8-13(17)11-4-5-11/h3,6-7,11,13-14,16-18H,4-5,8-9H2,1-2H3. The van der Waals surface area contributed by atoms with Crippen LogP contribution in [-0.4, -0.2) is 36.5 Å². The molecule has 19 heavy (non-hydrogen) atoms. The van der Waals surface area contributed by atoms with Gasteiger partial charge in [-0.2, -0.15) is 0 Å². The first-order chi connectivity index (χ1) is 9.11. The van der Waals surface area contributed by atoms with Crippen molar-refractivity contribution in [2.75, 3.05) is 20.2 Å². The Labute approximate surface area is 114 Å². The number of rotatable bonds is 7. The van der Waals surface area contributed by atoms with E-state index in [1.54, 1.807) is 7.11 Å². The van der Waals surface area contributed by atoms with Crippen molar-refractivity contribution in [2.24, 2.45) is 5.92 Å². The van der Waals surface area contributed by atoms with E-state index in [1.807, 2.05) is 25.1 Å². The van der Waals surface area contributed by atoms with Crippen molar-refractivity contribution in [2.45, 2.75) is 32.0 Å². The lowest BCUT2D eigenvalue weighted by Gasteiger charge is -2.17. The molecule has 2 atom stereocenters. The van der Waals surface area contributed by atoms with Crippen LogP contribution in [-0.2, 0) is 0 Å². The molecule has 0 spiro atoms. The van der Waals surface area contributed by atoms with E-state index in [0.717, 1.165) is 24.0 Å². The lowest BCUT2D eigenvalue weighted by Crippen LogP contribution is -2.31. The minimum atomic E-state index is -0.624. The fourth-order valence-corrected chi connectivity index (χ4v) is 2.24. The summed E-state index contributed by atoms with van der Waals surface area (Å²) in [5, 5.41) is 23.1. The van der Waals surface area contributed by atoms with Crippen molar-refractivity contribution < 1.29 is 14.9 Å². The first-order valence-electron chi connectivity index (χ1n) is 6.83. The number of methoxy groups -OCH3 is 1. The molecule has 2 unspecified atom stereocenters. The smallest absolute Gasteiger partial charge is 0.124 e. The van der Waals surface area contributed by atoms with Gasteiger partial charge in [0.25, 0.3) is 0 Å². The highest BCUT2D eigenvalue weighted by Crippen LogP contribution is 2.32. The topological polar surface area (TPSA) is 61.7 Å². The van der Waals surface area contributed by atoms with Gasteiger partial charge in [-0.15, -0.1) is 0 Å². The van der Waals surface area contributed by atoms with Gasteiger partial charge in [0.15, 0.2) is 0 Å². The summed E-state index contributed by atoms with van der Waals surface area (Å²) in [5.41, 5.74) is 1.88. The van der Waals surface area contributed by atoms with Crippen molar-refractivity contribution in [1.29, 1.82) is 0 Å². The van der Waals surface area contributed by atoms with Crippen molar-refractivity contribution in [3.8, 4) is 5.75 Å². The zero-order chi connectivity index (χ0) is 13.8. The van der Waals surface area contributed by atoms with E-state index in [-0.39, 0.29) is 6.10 Å². The summed E-state index contributed by atoms with van der Waals surface area (Å²) in [6, 6.07) is 5.76. The number of ether oxygens (including phenoxy) is 1. The van der Waals surface area contributed by atoms with Gasteiger partial charge >= 0.3 is 0 Å². The molecule has 0 aromatic heterocycles. The Morgan fingerprint density at radius 1 is 1.32 bits per heavy atom. The molecule has 4 heteroatoms. The van der Waals surface area contributed by atoms with Crippen LogP contribution in [0.3, 0.4) is 0 Å². The normalized spacial score (nSPS) is 18.1. The number of nitrogens with one attached hydrogen (secondary N) is 1. The molecule has 0 aliphatic heterocycles. The molecular weight excluding hydrogens is 242 g/mol. The van der Waals surface area contributed by atoms with Crippen molar-refractivity contribution in [1.82, 2.24) is 5.32 Å². The number of hydrogen-bond acceptors (Lipinski definition) is 4. The van der Waals surface area contributed by atoms with Gasteiger partial charge < -0.3 is 20.3 Å². The highest BCUT2D eigenvalue weighted by molar-refractivity contribution is 5.38. The maximum Gasteiger partial charge on any atom is 0.124 e. The number of benzene rings is 1. The Kier molecular flexibility index (Phi) is 4.80. The summed E-state index contributed by atoms with van der Waals surface area (Å²) < 4.78 is 5.26. The number of aryl methyl sites for hydroxylation is 1. The molecule has 0 bridgehead atoms. The Morgan fingerprint density at radius 3 is 2.68 bits per heavy atom. The van der Waals surface area contributed by atoms with E-state index in [2.05, 4.69) is 5.32 Å². The van der Waals surface area contributed by atoms with Gasteiger partial charge in [0.1, 0.15) is 5.75 Å². The van der Waals surface area contributed by atoms with Crippen LogP contribution < -0.4 is 10.1 Å². The summed E-state index contributed by atoms with van der Waals surface area (Å²) in [4.78, 5) is 0. The van der Waals surface area contributed by atoms with Gasteiger partial charge in [-0.1, -0.05) is 11.6 Å². The Morgan fingerprint density at radius 2 is 2.05 bits per heavy atom. The van der Waals surface area contributed by atoms with Gasteiger partial charge in [0, 0.05) is 18.7 Å². The fourth-order valence-electron chi connectivity index (χ4n) is 2.24. The second-order valence-corrected chi connectivity index (χ2v) is 5.32. The van der Waals surface area contributed by atoms with Gasteiger partial charge in [-0.05, 0) is 37.8 Å². The number of hydrogen-bond donors (Lipinski definition) is 3. The Hall–Kier alpha value is -1.10. The van der Waals surface area contributed by atoms with E-state index in [9.17, 15) is 10.2 Å². The van der Waals surface area contributed by atoms with Gasteiger partial charge in [-0.25, -0.2) is 0 Å². The van der Waals surface area contributed by atoms with Crippen LogP contribution in [0.15, 0.2) is 18.2 Å². The van der Waals surface area contributed by atoms with Crippen LogP contribution in [0.5, 0.6) is 5.75 Å². The van der Waals surface area contributed by atoms with E-state index in [0.29, 0.717) is 24.8 Å². The molecule has 0 saturated heterocycles. The summed E-state index contributed by atoms with van der Waals surface area (Å²) in [7, 11) is 1.60. The van der Waals surface area contributed by atoms with E-state index < -0.39 is 6.10 Å². The summed E-state index contributed by atoms with van der Waals surface area (Å²) >= 11 is 0. The molecule has 2 rings (SSSR count). The van der Waals surface area contributed by atoms with Gasteiger partial charge in [-0.3, -0.25) is 0 Å². The highest BCUT2D eigenvalue weighted by atomic mass is 16.5. The van der Waals surface area contributed by atoms with Gasteiger partial charge in [0.05, 0.1) is 19.3 Å². The van der Waals surface area contributed by atoms with Gasteiger partial charge in [0.2, 0.25) is 0 Å². The monoisotopic (exact) mass is 265 g/mol. The summed E-state index contributed by atoms with van der Waals surface area (Å²) in [5.74, 6) is 1.15. The zero-order valence-corrected chi connectivity index (χ0v) is 11.6.